The molecule has 2 aromatic carbocycles. The molecular weight excluding hydrogens is 286 g/mol. The molecule has 2 atom stereocenters. The minimum Gasteiger partial charge on any atom is -0.394 e. The van der Waals surface area contributed by atoms with Crippen molar-refractivity contribution in [3.63, 3.8) is 0 Å². The molecular formula is C20H25NO2. The van der Waals surface area contributed by atoms with Crippen LogP contribution < -0.4 is 5.32 Å². The van der Waals surface area contributed by atoms with Gasteiger partial charge < -0.3 is 10.4 Å². The number of hydrogen-bond donors (Lipinski definition) is 2. The molecule has 0 radical (unpaired) electrons. The number of rotatable bonds is 8. The maximum absolute atomic E-state index is 12.3. The number of amides is 1. The maximum Gasteiger partial charge on any atom is 0.223 e. The van der Waals surface area contributed by atoms with Crippen molar-refractivity contribution in [2.45, 2.75) is 32.2 Å². The van der Waals surface area contributed by atoms with E-state index in [1.807, 2.05) is 55.5 Å². The first-order valence-electron chi connectivity index (χ1n) is 8.21. The number of carbonyl (C=O) groups excluding carboxylic acids is 1. The van der Waals surface area contributed by atoms with Crippen LogP contribution in [-0.4, -0.2) is 17.6 Å². The van der Waals surface area contributed by atoms with Crippen LogP contribution in [0.2, 0.25) is 0 Å². The third kappa shape index (κ3) is 5.53. The molecule has 0 aromatic heterocycles. The van der Waals surface area contributed by atoms with Crippen LogP contribution in [-0.2, 0) is 11.2 Å². The molecule has 23 heavy (non-hydrogen) atoms. The molecule has 0 saturated heterocycles. The van der Waals surface area contributed by atoms with Crippen molar-refractivity contribution in [3.05, 3.63) is 71.8 Å². The van der Waals surface area contributed by atoms with Gasteiger partial charge in [-0.2, -0.15) is 0 Å². The monoisotopic (exact) mass is 311 g/mol. The first kappa shape index (κ1) is 17.2. The van der Waals surface area contributed by atoms with E-state index in [-0.39, 0.29) is 24.5 Å². The Kier molecular flexibility index (Phi) is 6.82. The second kappa shape index (κ2) is 9.11. The fraction of sp³-hybridized carbons (Fsp3) is 0.350. The highest BCUT2D eigenvalue weighted by Crippen LogP contribution is 2.15. The number of aryl methyl sites for hydroxylation is 1. The van der Waals surface area contributed by atoms with Crippen molar-refractivity contribution in [1.29, 1.82) is 0 Å². The lowest BCUT2D eigenvalue weighted by molar-refractivity contribution is -0.125. The van der Waals surface area contributed by atoms with Gasteiger partial charge in [-0.3, -0.25) is 4.79 Å². The van der Waals surface area contributed by atoms with E-state index in [4.69, 9.17) is 0 Å². The van der Waals surface area contributed by atoms with E-state index in [1.165, 1.54) is 5.56 Å². The molecule has 0 unspecified atom stereocenters. The summed E-state index contributed by atoms with van der Waals surface area (Å²) in [7, 11) is 0. The Labute approximate surface area is 138 Å². The highest BCUT2D eigenvalue weighted by molar-refractivity contribution is 5.78. The summed E-state index contributed by atoms with van der Waals surface area (Å²) in [4.78, 5) is 12.3. The van der Waals surface area contributed by atoms with Gasteiger partial charge in [0.25, 0.3) is 0 Å². The van der Waals surface area contributed by atoms with Gasteiger partial charge >= 0.3 is 0 Å². The Morgan fingerprint density at radius 3 is 2.26 bits per heavy atom. The van der Waals surface area contributed by atoms with Crippen molar-refractivity contribution >= 4 is 5.91 Å². The molecule has 0 aliphatic rings. The van der Waals surface area contributed by atoms with E-state index in [9.17, 15) is 9.90 Å². The number of aliphatic hydroxyl groups excluding tert-OH is 1. The molecule has 2 N–H and O–H groups in total. The average molecular weight is 311 g/mol. The van der Waals surface area contributed by atoms with Crippen LogP contribution in [0.4, 0.5) is 0 Å². The normalized spacial score (nSPS) is 13.3. The molecule has 0 fully saturated rings. The SMILES string of the molecule is C[C@H](CCCc1ccccc1)C(=O)N[C@@H](CO)c1ccccc1. The van der Waals surface area contributed by atoms with Gasteiger partial charge in [-0.1, -0.05) is 67.6 Å². The lowest BCUT2D eigenvalue weighted by Gasteiger charge is -2.19. The molecule has 0 aliphatic heterocycles. The van der Waals surface area contributed by atoms with Gasteiger partial charge in [0.2, 0.25) is 5.91 Å². The van der Waals surface area contributed by atoms with Crippen LogP contribution in [0, 0.1) is 5.92 Å². The molecule has 1 amide bonds. The van der Waals surface area contributed by atoms with Crippen molar-refractivity contribution in [1.82, 2.24) is 5.32 Å². The second-order valence-electron chi connectivity index (χ2n) is 5.93. The highest BCUT2D eigenvalue weighted by Gasteiger charge is 2.18. The zero-order valence-electron chi connectivity index (χ0n) is 13.6. The number of hydrogen-bond acceptors (Lipinski definition) is 2. The summed E-state index contributed by atoms with van der Waals surface area (Å²) in [5, 5.41) is 12.5. The van der Waals surface area contributed by atoms with Gasteiger partial charge in [0.1, 0.15) is 0 Å². The van der Waals surface area contributed by atoms with Crippen LogP contribution >= 0.6 is 0 Å². The van der Waals surface area contributed by atoms with E-state index in [1.54, 1.807) is 0 Å². The lowest BCUT2D eigenvalue weighted by Crippen LogP contribution is -2.34. The summed E-state index contributed by atoms with van der Waals surface area (Å²) in [6.45, 7) is 1.85. The molecule has 2 rings (SSSR count). The minimum atomic E-state index is -0.333. The first-order valence-corrected chi connectivity index (χ1v) is 8.21. The Balaban J connectivity index is 1.80. The predicted molar refractivity (Wildman–Crippen MR) is 93.0 cm³/mol. The Morgan fingerprint density at radius 1 is 1.04 bits per heavy atom. The van der Waals surface area contributed by atoms with Crippen molar-refractivity contribution in [2.24, 2.45) is 5.92 Å². The molecule has 0 bridgehead atoms. The van der Waals surface area contributed by atoms with Crippen LogP contribution in [0.1, 0.15) is 36.9 Å². The summed E-state index contributed by atoms with van der Waals surface area (Å²) < 4.78 is 0. The minimum absolute atomic E-state index is 0.000893. The highest BCUT2D eigenvalue weighted by atomic mass is 16.3. The fourth-order valence-electron chi connectivity index (χ4n) is 2.62. The molecule has 2 aromatic rings. The largest absolute Gasteiger partial charge is 0.394 e. The van der Waals surface area contributed by atoms with E-state index in [2.05, 4.69) is 17.4 Å². The summed E-state index contributed by atoms with van der Waals surface area (Å²) in [5.74, 6) is -0.0579. The molecule has 122 valence electrons. The average Bonchev–Trinajstić information content (AvgIpc) is 2.61. The van der Waals surface area contributed by atoms with Crippen LogP contribution in [0.25, 0.3) is 0 Å². The summed E-state index contributed by atoms with van der Waals surface area (Å²) in [6, 6.07) is 19.6. The van der Waals surface area contributed by atoms with Gasteiger partial charge in [-0.15, -0.1) is 0 Å². The summed E-state index contributed by atoms with van der Waals surface area (Å²) >= 11 is 0. The quantitative estimate of drug-likeness (QED) is 0.784. The van der Waals surface area contributed by atoms with Gasteiger partial charge in [0.05, 0.1) is 12.6 Å². The molecule has 3 heteroatoms. The standard InChI is InChI=1S/C20H25NO2/c1-16(9-8-12-17-10-4-2-5-11-17)20(23)21-19(15-22)18-13-6-3-7-14-18/h2-7,10-11,13-14,16,19,22H,8-9,12,15H2,1H3,(H,21,23)/t16-,19+/m1/s1. The molecule has 0 spiro atoms. The zero-order chi connectivity index (χ0) is 16.5. The van der Waals surface area contributed by atoms with Gasteiger partial charge in [-0.25, -0.2) is 0 Å². The lowest BCUT2D eigenvalue weighted by atomic mass is 9.99. The Bertz CT molecular complexity index is 583. The van der Waals surface area contributed by atoms with Gasteiger partial charge in [0, 0.05) is 5.92 Å². The van der Waals surface area contributed by atoms with Crippen LogP contribution in [0.15, 0.2) is 60.7 Å². The zero-order valence-corrected chi connectivity index (χ0v) is 13.6. The maximum atomic E-state index is 12.3. The van der Waals surface area contributed by atoms with E-state index < -0.39 is 0 Å². The second-order valence-corrected chi connectivity index (χ2v) is 5.93. The van der Waals surface area contributed by atoms with Gasteiger partial charge in [0.15, 0.2) is 0 Å². The smallest absolute Gasteiger partial charge is 0.223 e. The van der Waals surface area contributed by atoms with E-state index in [0.717, 1.165) is 24.8 Å². The number of benzene rings is 2. The Hall–Kier alpha value is -2.13. The molecule has 0 saturated carbocycles. The van der Waals surface area contributed by atoms with E-state index in [0.29, 0.717) is 0 Å². The van der Waals surface area contributed by atoms with Crippen LogP contribution in [0.3, 0.4) is 0 Å². The van der Waals surface area contributed by atoms with Crippen molar-refractivity contribution < 1.29 is 9.90 Å². The third-order valence-corrected chi connectivity index (χ3v) is 4.09. The number of carbonyl (C=O) groups is 1. The Morgan fingerprint density at radius 2 is 1.65 bits per heavy atom. The molecule has 0 heterocycles. The third-order valence-electron chi connectivity index (χ3n) is 4.09. The number of nitrogens with one attached hydrogen (secondary N) is 1. The molecule has 3 nitrogen and oxygen atoms in total. The first-order chi connectivity index (χ1) is 11.2. The fourth-order valence-corrected chi connectivity index (χ4v) is 2.62. The number of aliphatic hydroxyl groups is 1. The predicted octanol–water partition coefficient (Wildman–Crippen LogP) is 3.50. The topological polar surface area (TPSA) is 49.3 Å². The van der Waals surface area contributed by atoms with E-state index >= 15 is 0 Å². The van der Waals surface area contributed by atoms with Crippen molar-refractivity contribution in [2.75, 3.05) is 6.61 Å². The summed E-state index contributed by atoms with van der Waals surface area (Å²) in [6.07, 6.45) is 2.81. The van der Waals surface area contributed by atoms with Crippen molar-refractivity contribution in [3.8, 4) is 0 Å². The van der Waals surface area contributed by atoms with Crippen LogP contribution in [0.5, 0.6) is 0 Å². The summed E-state index contributed by atoms with van der Waals surface area (Å²) in [5.41, 5.74) is 2.23. The van der Waals surface area contributed by atoms with Gasteiger partial charge in [-0.05, 0) is 30.4 Å². The molecule has 0 aliphatic carbocycles.